The molecule has 1 aromatic rings. The Balaban J connectivity index is 1.88. The second-order valence-electron chi connectivity index (χ2n) is 3.38. The van der Waals surface area contributed by atoms with Crippen molar-refractivity contribution in [1.82, 2.24) is 0 Å². The van der Waals surface area contributed by atoms with Crippen molar-refractivity contribution in [2.45, 2.75) is 12.5 Å². The molecule has 0 radical (unpaired) electrons. The highest BCUT2D eigenvalue weighted by Crippen LogP contribution is 2.37. The lowest BCUT2D eigenvalue weighted by Gasteiger charge is -2.08. The number of nitrogens with zero attached hydrogens (tertiary/aromatic N) is 1. The van der Waals surface area contributed by atoms with Gasteiger partial charge in [0.15, 0.2) is 17.6 Å². The number of hydrogen-bond donors (Lipinski definition) is 0. The maximum absolute atomic E-state index is 5.30. The molecule has 2 heterocycles. The molecule has 3 rings (SSSR count). The molecule has 0 fully saturated rings. The first-order valence-corrected chi connectivity index (χ1v) is 5.40. The third-order valence-corrected chi connectivity index (χ3v) is 2.87. The number of fused-ring (bicyclic) bond motifs is 1. The van der Waals surface area contributed by atoms with Crippen LogP contribution in [0.25, 0.3) is 0 Å². The zero-order chi connectivity index (χ0) is 10.3. The van der Waals surface area contributed by atoms with Crippen LogP contribution in [-0.4, -0.2) is 11.4 Å². The second-order valence-corrected chi connectivity index (χ2v) is 4.29. The van der Waals surface area contributed by atoms with Crippen LogP contribution in [0, 0.1) is 0 Å². The molecule has 0 aliphatic carbocycles. The van der Waals surface area contributed by atoms with E-state index in [9.17, 15) is 0 Å². The third-order valence-electron chi connectivity index (χ3n) is 2.40. The van der Waals surface area contributed by atoms with Crippen molar-refractivity contribution >= 4 is 20.6 Å². The maximum Gasteiger partial charge on any atom is 0.231 e. The Bertz CT molecular complexity index is 433. The summed E-state index contributed by atoms with van der Waals surface area (Å²) >= 11 is 3.31. The SMILES string of the molecule is BrC1=NO[C@H](c2ccc3c(c2)OCO3)C1. The van der Waals surface area contributed by atoms with Gasteiger partial charge in [-0.25, -0.2) is 0 Å². The Labute approximate surface area is 94.9 Å². The van der Waals surface area contributed by atoms with E-state index >= 15 is 0 Å². The molecule has 0 aromatic heterocycles. The van der Waals surface area contributed by atoms with Gasteiger partial charge < -0.3 is 14.3 Å². The molecule has 0 saturated carbocycles. The Morgan fingerprint density at radius 3 is 2.93 bits per heavy atom. The van der Waals surface area contributed by atoms with Crippen molar-refractivity contribution in [2.75, 3.05) is 6.79 Å². The van der Waals surface area contributed by atoms with Crippen molar-refractivity contribution in [3.05, 3.63) is 23.8 Å². The van der Waals surface area contributed by atoms with Gasteiger partial charge in [0, 0.05) is 6.42 Å². The van der Waals surface area contributed by atoms with Crippen LogP contribution in [0.3, 0.4) is 0 Å². The zero-order valence-corrected chi connectivity index (χ0v) is 9.36. The lowest BCUT2D eigenvalue weighted by atomic mass is 10.1. The van der Waals surface area contributed by atoms with E-state index in [0.29, 0.717) is 6.79 Å². The Hall–Kier alpha value is -1.23. The molecule has 0 saturated heterocycles. The number of hydrogen-bond acceptors (Lipinski definition) is 4. The first-order valence-electron chi connectivity index (χ1n) is 4.60. The summed E-state index contributed by atoms with van der Waals surface area (Å²) in [6, 6.07) is 5.81. The lowest BCUT2D eigenvalue weighted by molar-refractivity contribution is 0.0856. The molecule has 2 aliphatic heterocycles. The second kappa shape index (κ2) is 3.41. The molecule has 5 heteroatoms. The standard InChI is InChI=1S/C10H8BrNO3/c11-10-4-8(15-12-10)6-1-2-7-9(3-6)14-5-13-7/h1-3,8H,4-5H2/t8-/m0/s1. The number of benzene rings is 1. The molecular formula is C10H8BrNO3. The summed E-state index contributed by atoms with van der Waals surface area (Å²) in [5.74, 6) is 1.57. The van der Waals surface area contributed by atoms with E-state index in [2.05, 4.69) is 21.1 Å². The lowest BCUT2D eigenvalue weighted by Crippen LogP contribution is -1.96. The van der Waals surface area contributed by atoms with Gasteiger partial charge in [0.2, 0.25) is 6.79 Å². The van der Waals surface area contributed by atoms with Crippen LogP contribution in [-0.2, 0) is 4.84 Å². The molecular weight excluding hydrogens is 262 g/mol. The van der Waals surface area contributed by atoms with Gasteiger partial charge in [-0.3, -0.25) is 0 Å². The van der Waals surface area contributed by atoms with E-state index < -0.39 is 0 Å². The molecule has 0 spiro atoms. The van der Waals surface area contributed by atoms with Crippen LogP contribution >= 0.6 is 15.9 Å². The van der Waals surface area contributed by atoms with Gasteiger partial charge in [0.05, 0.1) is 0 Å². The molecule has 78 valence electrons. The van der Waals surface area contributed by atoms with Gasteiger partial charge in [0.25, 0.3) is 0 Å². The smallest absolute Gasteiger partial charge is 0.231 e. The fourth-order valence-electron chi connectivity index (χ4n) is 1.64. The monoisotopic (exact) mass is 269 g/mol. The van der Waals surface area contributed by atoms with Crippen molar-refractivity contribution in [3.63, 3.8) is 0 Å². The molecule has 0 unspecified atom stereocenters. The molecule has 4 nitrogen and oxygen atoms in total. The first-order chi connectivity index (χ1) is 7.33. The van der Waals surface area contributed by atoms with E-state index in [1.54, 1.807) is 0 Å². The van der Waals surface area contributed by atoms with Gasteiger partial charge in [-0.1, -0.05) is 11.2 Å². The van der Waals surface area contributed by atoms with E-state index in [-0.39, 0.29) is 6.10 Å². The van der Waals surface area contributed by atoms with Crippen LogP contribution in [0.5, 0.6) is 11.5 Å². The predicted molar refractivity (Wildman–Crippen MR) is 57.4 cm³/mol. The highest BCUT2D eigenvalue weighted by Gasteiger charge is 2.23. The Morgan fingerprint density at radius 1 is 1.27 bits per heavy atom. The van der Waals surface area contributed by atoms with Crippen LogP contribution in [0.1, 0.15) is 18.1 Å². The third kappa shape index (κ3) is 1.56. The molecule has 15 heavy (non-hydrogen) atoms. The van der Waals surface area contributed by atoms with E-state index in [0.717, 1.165) is 28.1 Å². The average Bonchev–Trinajstić information content (AvgIpc) is 2.84. The van der Waals surface area contributed by atoms with Crippen molar-refractivity contribution in [3.8, 4) is 11.5 Å². The van der Waals surface area contributed by atoms with Gasteiger partial charge in [0.1, 0.15) is 4.62 Å². The number of halogens is 1. The summed E-state index contributed by atoms with van der Waals surface area (Å²) in [6.45, 7) is 0.296. The minimum absolute atomic E-state index is 0.0196. The van der Waals surface area contributed by atoms with E-state index in [1.807, 2.05) is 18.2 Å². The van der Waals surface area contributed by atoms with E-state index in [4.69, 9.17) is 14.3 Å². The molecule has 0 bridgehead atoms. The summed E-state index contributed by atoms with van der Waals surface area (Å²) in [7, 11) is 0. The Morgan fingerprint density at radius 2 is 2.13 bits per heavy atom. The van der Waals surface area contributed by atoms with Crippen molar-refractivity contribution < 1.29 is 14.3 Å². The topological polar surface area (TPSA) is 40.0 Å². The first kappa shape index (κ1) is 9.03. The molecule has 0 amide bonds. The molecule has 2 aliphatic rings. The summed E-state index contributed by atoms with van der Waals surface area (Å²) in [6.07, 6.45) is 0.744. The maximum atomic E-state index is 5.30. The van der Waals surface area contributed by atoms with Crippen LogP contribution < -0.4 is 9.47 Å². The van der Waals surface area contributed by atoms with Crippen LogP contribution in [0.15, 0.2) is 23.4 Å². The fourth-order valence-corrected chi connectivity index (χ4v) is 2.02. The molecule has 1 atom stereocenters. The zero-order valence-electron chi connectivity index (χ0n) is 7.77. The molecule has 0 N–H and O–H groups in total. The summed E-state index contributed by atoms with van der Waals surface area (Å²) in [5.41, 5.74) is 1.05. The number of rotatable bonds is 1. The van der Waals surface area contributed by atoms with Gasteiger partial charge in [-0.05, 0) is 33.6 Å². The largest absolute Gasteiger partial charge is 0.454 e. The van der Waals surface area contributed by atoms with Crippen molar-refractivity contribution in [1.29, 1.82) is 0 Å². The Kier molecular flexibility index (Phi) is 2.05. The minimum atomic E-state index is -0.0196. The summed E-state index contributed by atoms with van der Waals surface area (Å²) in [4.78, 5) is 5.26. The van der Waals surface area contributed by atoms with E-state index in [1.165, 1.54) is 0 Å². The highest BCUT2D eigenvalue weighted by molar-refractivity contribution is 9.18. The average molecular weight is 270 g/mol. The summed E-state index contributed by atoms with van der Waals surface area (Å²) in [5, 5.41) is 3.85. The quantitative estimate of drug-likeness (QED) is 0.787. The van der Waals surface area contributed by atoms with Gasteiger partial charge >= 0.3 is 0 Å². The molecule has 1 aromatic carbocycles. The van der Waals surface area contributed by atoms with Gasteiger partial charge in [-0.15, -0.1) is 0 Å². The highest BCUT2D eigenvalue weighted by atomic mass is 79.9. The van der Waals surface area contributed by atoms with Crippen LogP contribution in [0.2, 0.25) is 0 Å². The van der Waals surface area contributed by atoms with Crippen molar-refractivity contribution in [2.24, 2.45) is 5.16 Å². The minimum Gasteiger partial charge on any atom is -0.454 e. The number of ether oxygens (including phenoxy) is 2. The fraction of sp³-hybridized carbons (Fsp3) is 0.300. The predicted octanol–water partition coefficient (Wildman–Crippen LogP) is 2.59. The van der Waals surface area contributed by atoms with Gasteiger partial charge in [-0.2, -0.15) is 0 Å². The summed E-state index contributed by atoms with van der Waals surface area (Å²) < 4.78 is 11.4. The number of oxime groups is 1. The van der Waals surface area contributed by atoms with Crippen LogP contribution in [0.4, 0.5) is 0 Å². The normalized spacial score (nSPS) is 22.5.